The van der Waals surface area contributed by atoms with E-state index in [0.717, 1.165) is 18.1 Å². The molecule has 1 atom stereocenters. The Morgan fingerprint density at radius 3 is 2.35 bits per heavy atom. The molecular weight excluding hydrogens is 242 g/mol. The van der Waals surface area contributed by atoms with Crippen molar-refractivity contribution in [2.75, 3.05) is 27.2 Å². The van der Waals surface area contributed by atoms with E-state index in [-0.39, 0.29) is 0 Å². The quantitative estimate of drug-likeness (QED) is 0.437. The molecule has 0 amide bonds. The smallest absolute Gasteiger partial charge is 0.217 e. The molecule has 0 aliphatic carbocycles. The number of allylic oxidation sites excluding steroid dienone is 2. The Labute approximate surface area is 104 Å². The van der Waals surface area contributed by atoms with Crippen LogP contribution in [0.15, 0.2) is 24.4 Å². The van der Waals surface area contributed by atoms with Crippen molar-refractivity contribution in [2.45, 2.75) is 19.8 Å². The Morgan fingerprint density at radius 1 is 1.41 bits per heavy atom. The molecule has 0 aromatic heterocycles. The van der Waals surface area contributed by atoms with E-state index in [9.17, 15) is 13.0 Å². The molecule has 6 heteroatoms. The maximum atomic E-state index is 9.22. The molecule has 1 rings (SSSR count). The Bertz CT molecular complexity index is 362. The second kappa shape index (κ2) is 7.60. The van der Waals surface area contributed by atoms with Crippen molar-refractivity contribution in [3.8, 4) is 0 Å². The van der Waals surface area contributed by atoms with E-state index in [2.05, 4.69) is 42.6 Å². The van der Waals surface area contributed by atoms with Gasteiger partial charge in [0.2, 0.25) is 10.4 Å². The number of unbranched alkanes of at least 4 members (excludes halogenated alkanes) is 1. The lowest BCUT2D eigenvalue weighted by molar-refractivity contribution is -0.854. The highest BCUT2D eigenvalue weighted by atomic mass is 32.3. The lowest BCUT2D eigenvalue weighted by Crippen LogP contribution is -2.40. The fourth-order valence-electron chi connectivity index (χ4n) is 1.38. The zero-order chi connectivity index (χ0) is 13.4. The highest BCUT2D eigenvalue weighted by Crippen LogP contribution is 2.10. The largest absolute Gasteiger partial charge is 0.726 e. The van der Waals surface area contributed by atoms with E-state index in [1.54, 1.807) is 0 Å². The zero-order valence-corrected chi connectivity index (χ0v) is 11.4. The molecular formula is C11H21NO4S. The molecule has 1 aliphatic heterocycles. The van der Waals surface area contributed by atoms with Gasteiger partial charge in [-0.3, -0.25) is 8.67 Å². The van der Waals surface area contributed by atoms with E-state index >= 15 is 0 Å². The summed E-state index contributed by atoms with van der Waals surface area (Å²) >= 11 is 0. The average Bonchev–Trinajstić information content (AvgIpc) is 2.27. The van der Waals surface area contributed by atoms with E-state index < -0.39 is 10.4 Å². The van der Waals surface area contributed by atoms with Gasteiger partial charge in [-0.15, -0.1) is 0 Å². The third kappa shape index (κ3) is 9.05. The number of quaternary nitrogens is 1. The first-order chi connectivity index (χ1) is 7.83. The molecule has 0 fully saturated rings. The summed E-state index contributed by atoms with van der Waals surface area (Å²) in [6, 6.07) is 0. The van der Waals surface area contributed by atoms with Gasteiger partial charge in [-0.1, -0.05) is 19.4 Å². The van der Waals surface area contributed by atoms with Crippen LogP contribution < -0.4 is 0 Å². The minimum absolute atomic E-state index is 0.808. The fourth-order valence-corrected chi connectivity index (χ4v) is 1.38. The highest BCUT2D eigenvalue weighted by Gasteiger charge is 2.16. The normalized spacial score (nSPS) is 23.1. The van der Waals surface area contributed by atoms with Crippen molar-refractivity contribution in [2.24, 2.45) is 0 Å². The predicted molar refractivity (Wildman–Crippen MR) is 65.8 cm³/mol. The third-order valence-corrected chi connectivity index (χ3v) is 2.85. The summed E-state index contributed by atoms with van der Waals surface area (Å²) in [6.45, 7) is 4.68. The summed E-state index contributed by atoms with van der Waals surface area (Å²) in [6.07, 6.45) is 11.4. The first-order valence-electron chi connectivity index (χ1n) is 5.53. The highest BCUT2D eigenvalue weighted by molar-refractivity contribution is 7.80. The van der Waals surface area contributed by atoms with Gasteiger partial charge in [0.05, 0.1) is 26.9 Å². The number of rotatable bonds is 4. The van der Waals surface area contributed by atoms with Crippen molar-refractivity contribution < 1.29 is 21.6 Å². The molecule has 0 aromatic carbocycles. The van der Waals surface area contributed by atoms with Crippen LogP contribution in [0.4, 0.5) is 0 Å². The van der Waals surface area contributed by atoms with E-state index in [0.29, 0.717) is 0 Å². The summed E-state index contributed by atoms with van der Waals surface area (Å²) in [5.41, 5.74) is 0. The van der Waals surface area contributed by atoms with Gasteiger partial charge in [0.1, 0.15) is 6.54 Å². The SMILES string of the molecule is CCCC[N+]1(C)C=CC=CC1.COS(=O)(=O)[O-]. The van der Waals surface area contributed by atoms with Gasteiger partial charge in [-0.2, -0.15) is 0 Å². The van der Waals surface area contributed by atoms with Gasteiger partial charge in [0.25, 0.3) is 0 Å². The molecule has 0 bridgehead atoms. The van der Waals surface area contributed by atoms with Crippen molar-refractivity contribution in [1.82, 2.24) is 0 Å². The first-order valence-corrected chi connectivity index (χ1v) is 6.86. The van der Waals surface area contributed by atoms with E-state index in [1.165, 1.54) is 19.4 Å². The number of hydrogen-bond acceptors (Lipinski definition) is 4. The first kappa shape index (κ1) is 16.3. The van der Waals surface area contributed by atoms with Crippen LogP contribution in [0.25, 0.3) is 0 Å². The molecule has 0 spiro atoms. The number of nitrogens with zero attached hydrogens (tertiary/aromatic N) is 1. The third-order valence-electron chi connectivity index (χ3n) is 2.44. The van der Waals surface area contributed by atoms with Crippen LogP contribution in [-0.2, 0) is 14.6 Å². The van der Waals surface area contributed by atoms with Crippen LogP contribution >= 0.6 is 0 Å². The zero-order valence-electron chi connectivity index (χ0n) is 10.6. The molecule has 1 aliphatic rings. The minimum Gasteiger partial charge on any atom is -0.726 e. The fraction of sp³-hybridized carbons (Fsp3) is 0.636. The van der Waals surface area contributed by atoms with Crippen LogP contribution in [0.1, 0.15) is 19.8 Å². The van der Waals surface area contributed by atoms with Gasteiger partial charge in [-0.05, 0) is 18.6 Å². The van der Waals surface area contributed by atoms with Crippen LogP contribution in [0.2, 0.25) is 0 Å². The van der Waals surface area contributed by atoms with Crippen molar-refractivity contribution in [3.63, 3.8) is 0 Å². The summed E-state index contributed by atoms with van der Waals surface area (Å²) in [5, 5.41) is 0. The van der Waals surface area contributed by atoms with Gasteiger partial charge >= 0.3 is 0 Å². The second-order valence-electron chi connectivity index (χ2n) is 4.08. The van der Waals surface area contributed by atoms with Gasteiger partial charge < -0.3 is 4.55 Å². The molecule has 100 valence electrons. The lowest BCUT2D eigenvalue weighted by atomic mass is 10.2. The van der Waals surface area contributed by atoms with Crippen LogP contribution in [0, 0.1) is 0 Å². The maximum absolute atomic E-state index is 9.22. The molecule has 0 N–H and O–H groups in total. The summed E-state index contributed by atoms with van der Waals surface area (Å²) < 4.78 is 32.1. The van der Waals surface area contributed by atoms with Gasteiger partial charge in [-0.25, -0.2) is 8.42 Å². The van der Waals surface area contributed by atoms with E-state index in [1.807, 2.05) is 0 Å². The Morgan fingerprint density at radius 2 is 2.00 bits per heavy atom. The molecule has 5 nitrogen and oxygen atoms in total. The maximum Gasteiger partial charge on any atom is 0.217 e. The van der Waals surface area contributed by atoms with E-state index in [4.69, 9.17) is 0 Å². The Balaban J connectivity index is 0.000000366. The topological polar surface area (TPSA) is 66.4 Å². The van der Waals surface area contributed by atoms with Crippen LogP contribution in [0.3, 0.4) is 0 Å². The monoisotopic (exact) mass is 263 g/mol. The summed E-state index contributed by atoms with van der Waals surface area (Å²) in [7, 11) is -1.32. The molecule has 0 radical (unpaired) electrons. The van der Waals surface area contributed by atoms with Crippen molar-refractivity contribution in [1.29, 1.82) is 0 Å². The molecule has 17 heavy (non-hydrogen) atoms. The Kier molecular flexibility index (Phi) is 7.29. The number of hydrogen-bond donors (Lipinski definition) is 0. The van der Waals surface area contributed by atoms with Crippen LogP contribution in [0.5, 0.6) is 0 Å². The molecule has 1 unspecified atom stereocenters. The van der Waals surface area contributed by atoms with Gasteiger partial charge in [0, 0.05) is 0 Å². The molecule has 0 saturated heterocycles. The summed E-state index contributed by atoms with van der Waals surface area (Å²) in [4.78, 5) is 0. The Hall–Kier alpha value is -0.690. The minimum atomic E-state index is -4.41. The average molecular weight is 263 g/mol. The predicted octanol–water partition coefficient (Wildman–Crippen LogP) is 1.41. The molecule has 0 aromatic rings. The summed E-state index contributed by atoms with van der Waals surface area (Å²) in [5.74, 6) is 0. The standard InChI is InChI=1S/C10H18N.CH4O4S/c1-3-4-8-11(2)9-6-5-7-10-11;1-5-6(2,3)4/h5-7,9H,3-4,8,10H2,1-2H3;1H3,(H,2,3,4)/q+1;/p-1. The van der Waals surface area contributed by atoms with Crippen molar-refractivity contribution >= 4 is 10.4 Å². The van der Waals surface area contributed by atoms with Crippen LogP contribution in [-0.4, -0.2) is 44.7 Å². The second-order valence-corrected chi connectivity index (χ2v) is 5.23. The number of likely N-dealkylation sites (N-methyl/N-ethyl adjacent to an activating group) is 1. The molecule has 1 heterocycles. The van der Waals surface area contributed by atoms with Gasteiger partial charge in [0.15, 0.2) is 0 Å². The molecule has 0 saturated carbocycles. The van der Waals surface area contributed by atoms with Crippen molar-refractivity contribution in [3.05, 3.63) is 24.4 Å². The lowest BCUT2D eigenvalue weighted by Gasteiger charge is -2.30.